The van der Waals surface area contributed by atoms with Crippen LogP contribution in [0.1, 0.15) is 18.1 Å². The number of hydrogen-bond donors (Lipinski definition) is 1. The van der Waals surface area contributed by atoms with Crippen molar-refractivity contribution >= 4 is 0 Å². The van der Waals surface area contributed by atoms with Gasteiger partial charge in [-0.05, 0) is 29.9 Å². The van der Waals surface area contributed by atoms with Crippen molar-refractivity contribution in [2.24, 2.45) is 11.7 Å². The molecular weight excluding hydrogens is 186 g/mol. The highest BCUT2D eigenvalue weighted by Crippen LogP contribution is 2.33. The fourth-order valence-corrected chi connectivity index (χ4v) is 2.44. The van der Waals surface area contributed by atoms with E-state index in [1.54, 1.807) is 7.11 Å². The third kappa shape index (κ3) is 1.92. The second kappa shape index (κ2) is 3.95. The van der Waals surface area contributed by atoms with Crippen LogP contribution in [0.15, 0.2) is 24.3 Å². The average molecular weight is 205 g/mol. The zero-order valence-corrected chi connectivity index (χ0v) is 9.49. The summed E-state index contributed by atoms with van der Waals surface area (Å²) in [6, 6.07) is 8.55. The van der Waals surface area contributed by atoms with E-state index in [1.165, 1.54) is 11.1 Å². The molecule has 1 aliphatic rings. The van der Waals surface area contributed by atoms with Crippen molar-refractivity contribution in [2.45, 2.75) is 25.3 Å². The predicted molar refractivity (Wildman–Crippen MR) is 61.8 cm³/mol. The Kier molecular flexibility index (Phi) is 2.81. The largest absolute Gasteiger partial charge is 0.384 e. The molecule has 0 saturated carbocycles. The normalized spacial score (nSPS) is 19.9. The predicted octanol–water partition coefficient (Wildman–Crippen LogP) is 1.77. The lowest BCUT2D eigenvalue weighted by Crippen LogP contribution is -2.48. The molecule has 1 unspecified atom stereocenters. The van der Waals surface area contributed by atoms with Gasteiger partial charge < -0.3 is 10.5 Å². The van der Waals surface area contributed by atoms with Crippen molar-refractivity contribution in [3.63, 3.8) is 0 Å². The molecule has 2 heteroatoms. The molecule has 0 aromatic heterocycles. The molecule has 0 aliphatic heterocycles. The van der Waals surface area contributed by atoms with E-state index in [0.717, 1.165) is 19.4 Å². The molecule has 2 nitrogen and oxygen atoms in total. The van der Waals surface area contributed by atoms with Crippen LogP contribution in [-0.2, 0) is 17.6 Å². The molecule has 0 bridgehead atoms. The fraction of sp³-hybridized carbons (Fsp3) is 0.538. The number of nitrogens with two attached hydrogens (primary N) is 1. The Bertz CT molecular complexity index is 323. The number of methoxy groups -OCH3 is 1. The maximum atomic E-state index is 6.46. The molecule has 82 valence electrons. The first-order valence-corrected chi connectivity index (χ1v) is 5.50. The molecule has 0 saturated heterocycles. The lowest BCUT2D eigenvalue weighted by Gasteiger charge is -2.30. The topological polar surface area (TPSA) is 35.2 Å². The van der Waals surface area contributed by atoms with Crippen molar-refractivity contribution in [1.29, 1.82) is 0 Å². The third-order valence-electron chi connectivity index (χ3n) is 3.56. The molecule has 1 aromatic carbocycles. The van der Waals surface area contributed by atoms with Crippen LogP contribution in [0.2, 0.25) is 0 Å². The Hall–Kier alpha value is -0.860. The minimum absolute atomic E-state index is 0.111. The van der Waals surface area contributed by atoms with Gasteiger partial charge in [-0.2, -0.15) is 0 Å². The first-order chi connectivity index (χ1) is 7.15. The van der Waals surface area contributed by atoms with Crippen LogP contribution in [0.4, 0.5) is 0 Å². The van der Waals surface area contributed by atoms with E-state index < -0.39 is 0 Å². The molecule has 0 spiro atoms. The zero-order chi connectivity index (χ0) is 10.9. The van der Waals surface area contributed by atoms with E-state index in [2.05, 4.69) is 31.2 Å². The number of hydrogen-bond acceptors (Lipinski definition) is 2. The van der Waals surface area contributed by atoms with E-state index in [0.29, 0.717) is 5.92 Å². The first kappa shape index (κ1) is 10.7. The van der Waals surface area contributed by atoms with Crippen LogP contribution in [0, 0.1) is 5.92 Å². The van der Waals surface area contributed by atoms with E-state index in [-0.39, 0.29) is 5.54 Å². The molecule has 0 heterocycles. The van der Waals surface area contributed by atoms with Crippen LogP contribution in [0.3, 0.4) is 0 Å². The molecule has 2 N–H and O–H groups in total. The Labute approximate surface area is 91.4 Å². The number of ether oxygens (including phenoxy) is 1. The van der Waals surface area contributed by atoms with Crippen LogP contribution in [0.25, 0.3) is 0 Å². The minimum Gasteiger partial charge on any atom is -0.384 e. The van der Waals surface area contributed by atoms with Gasteiger partial charge >= 0.3 is 0 Å². The summed E-state index contributed by atoms with van der Waals surface area (Å²) in [5, 5.41) is 0. The molecule has 1 aromatic rings. The van der Waals surface area contributed by atoms with Gasteiger partial charge in [0, 0.05) is 12.6 Å². The van der Waals surface area contributed by atoms with Crippen molar-refractivity contribution in [2.75, 3.05) is 13.7 Å². The number of benzene rings is 1. The van der Waals surface area contributed by atoms with Gasteiger partial charge in [0.25, 0.3) is 0 Å². The van der Waals surface area contributed by atoms with Crippen LogP contribution in [-0.4, -0.2) is 19.3 Å². The average Bonchev–Trinajstić information content (AvgIpc) is 2.56. The second-order valence-electron chi connectivity index (χ2n) is 4.71. The zero-order valence-electron chi connectivity index (χ0n) is 9.49. The standard InChI is InChI=1S/C13H19NO/c1-10(9-15-2)13(14)7-11-5-3-4-6-12(11)8-13/h3-6,10H,7-9,14H2,1-2H3. The van der Waals surface area contributed by atoms with Gasteiger partial charge in [-0.3, -0.25) is 0 Å². The summed E-state index contributed by atoms with van der Waals surface area (Å²) < 4.78 is 5.20. The van der Waals surface area contributed by atoms with Crippen molar-refractivity contribution in [1.82, 2.24) is 0 Å². The van der Waals surface area contributed by atoms with E-state index >= 15 is 0 Å². The SMILES string of the molecule is COCC(C)C1(N)Cc2ccccc2C1. The van der Waals surface area contributed by atoms with Gasteiger partial charge in [0.2, 0.25) is 0 Å². The van der Waals surface area contributed by atoms with Crippen LogP contribution < -0.4 is 5.73 Å². The molecule has 15 heavy (non-hydrogen) atoms. The lowest BCUT2D eigenvalue weighted by molar-refractivity contribution is 0.118. The summed E-state index contributed by atoms with van der Waals surface area (Å²) in [7, 11) is 1.74. The molecule has 0 radical (unpaired) electrons. The Morgan fingerprint density at radius 1 is 1.33 bits per heavy atom. The molecular formula is C13H19NO. The Morgan fingerprint density at radius 3 is 2.33 bits per heavy atom. The van der Waals surface area contributed by atoms with Gasteiger partial charge in [-0.1, -0.05) is 31.2 Å². The summed E-state index contributed by atoms with van der Waals surface area (Å²) >= 11 is 0. The van der Waals surface area contributed by atoms with E-state index in [9.17, 15) is 0 Å². The smallest absolute Gasteiger partial charge is 0.0505 e. The van der Waals surface area contributed by atoms with Crippen LogP contribution in [0.5, 0.6) is 0 Å². The minimum atomic E-state index is -0.111. The summed E-state index contributed by atoms with van der Waals surface area (Å²) in [6.07, 6.45) is 1.96. The molecule has 1 aliphatic carbocycles. The highest BCUT2D eigenvalue weighted by atomic mass is 16.5. The molecule has 0 amide bonds. The Morgan fingerprint density at radius 2 is 1.87 bits per heavy atom. The maximum absolute atomic E-state index is 6.46. The highest BCUT2D eigenvalue weighted by Gasteiger charge is 2.37. The summed E-state index contributed by atoms with van der Waals surface area (Å²) in [5.74, 6) is 0.398. The van der Waals surface area contributed by atoms with Gasteiger partial charge in [0.05, 0.1) is 6.61 Å². The first-order valence-electron chi connectivity index (χ1n) is 5.50. The Balaban J connectivity index is 2.17. The van der Waals surface area contributed by atoms with E-state index in [1.807, 2.05) is 0 Å². The molecule has 2 rings (SSSR count). The lowest BCUT2D eigenvalue weighted by atomic mass is 9.84. The quantitative estimate of drug-likeness (QED) is 0.816. The second-order valence-corrected chi connectivity index (χ2v) is 4.71. The summed E-state index contributed by atoms with van der Waals surface area (Å²) in [6.45, 7) is 2.92. The monoisotopic (exact) mass is 205 g/mol. The number of fused-ring (bicyclic) bond motifs is 1. The summed E-state index contributed by atoms with van der Waals surface area (Å²) in [5.41, 5.74) is 9.16. The maximum Gasteiger partial charge on any atom is 0.0505 e. The highest BCUT2D eigenvalue weighted by molar-refractivity contribution is 5.36. The van der Waals surface area contributed by atoms with E-state index in [4.69, 9.17) is 10.5 Å². The third-order valence-corrected chi connectivity index (χ3v) is 3.56. The van der Waals surface area contributed by atoms with Crippen LogP contribution >= 0.6 is 0 Å². The van der Waals surface area contributed by atoms with Gasteiger partial charge in [0.1, 0.15) is 0 Å². The molecule has 1 atom stereocenters. The number of rotatable bonds is 3. The van der Waals surface area contributed by atoms with Gasteiger partial charge in [-0.25, -0.2) is 0 Å². The summed E-state index contributed by atoms with van der Waals surface area (Å²) in [4.78, 5) is 0. The molecule has 0 fully saturated rings. The van der Waals surface area contributed by atoms with Gasteiger partial charge in [-0.15, -0.1) is 0 Å². The van der Waals surface area contributed by atoms with Crippen molar-refractivity contribution < 1.29 is 4.74 Å². The van der Waals surface area contributed by atoms with Crippen molar-refractivity contribution in [3.05, 3.63) is 35.4 Å². The van der Waals surface area contributed by atoms with Gasteiger partial charge in [0.15, 0.2) is 0 Å². The van der Waals surface area contributed by atoms with Crippen molar-refractivity contribution in [3.8, 4) is 0 Å². The fourth-order valence-electron chi connectivity index (χ4n) is 2.44.